The third-order valence-corrected chi connectivity index (χ3v) is 3.54. The number of aryl methyl sites for hydroxylation is 1. The molecule has 17 heavy (non-hydrogen) atoms. The Kier molecular flexibility index (Phi) is 2.68. The van der Waals surface area contributed by atoms with E-state index in [1.54, 1.807) is 0 Å². The van der Waals surface area contributed by atoms with Gasteiger partial charge in [-0.05, 0) is 19.0 Å². The molecule has 0 bridgehead atoms. The topological polar surface area (TPSA) is 49.7 Å². The van der Waals surface area contributed by atoms with Crippen LogP contribution >= 0.6 is 0 Å². The van der Waals surface area contributed by atoms with E-state index < -0.39 is 0 Å². The van der Waals surface area contributed by atoms with E-state index in [1.807, 2.05) is 25.8 Å². The zero-order valence-corrected chi connectivity index (χ0v) is 10.0. The molecule has 3 rings (SSSR count). The molecule has 0 spiro atoms. The van der Waals surface area contributed by atoms with Crippen molar-refractivity contribution in [2.24, 2.45) is 7.05 Å². The Morgan fingerprint density at radius 3 is 3.18 bits per heavy atom. The minimum atomic E-state index is 0.603. The second kappa shape index (κ2) is 4.33. The zero-order chi connectivity index (χ0) is 11.7. The third kappa shape index (κ3) is 2.10. The molecular formula is C12H17N5. The lowest BCUT2D eigenvalue weighted by atomic mass is 10.1. The fraction of sp³-hybridized carbons (Fsp3) is 0.500. The Hall–Kier alpha value is -1.62. The fourth-order valence-corrected chi connectivity index (χ4v) is 2.49. The van der Waals surface area contributed by atoms with Gasteiger partial charge in [0.05, 0.1) is 12.0 Å². The van der Waals surface area contributed by atoms with Crippen molar-refractivity contribution in [1.82, 2.24) is 24.6 Å². The first-order valence-corrected chi connectivity index (χ1v) is 6.00. The maximum absolute atomic E-state index is 4.15. The molecule has 90 valence electrons. The molecule has 1 aliphatic rings. The Bertz CT molecular complexity index is 473. The Morgan fingerprint density at radius 1 is 1.53 bits per heavy atom. The van der Waals surface area contributed by atoms with E-state index in [1.165, 1.54) is 17.8 Å². The summed E-state index contributed by atoms with van der Waals surface area (Å²) >= 11 is 0. The standard InChI is InChI=1S/C12H17N5/c1-16-9-13-6-11(16)8-17-5-3-10(7-17)12-2-4-14-15-12/h2,4,6,9-10H,3,5,7-8H2,1H3,(H,14,15)/t10-/m1/s1. The highest BCUT2D eigenvalue weighted by Gasteiger charge is 2.25. The van der Waals surface area contributed by atoms with E-state index in [0.29, 0.717) is 5.92 Å². The second-order valence-corrected chi connectivity index (χ2v) is 4.73. The summed E-state index contributed by atoms with van der Waals surface area (Å²) in [4.78, 5) is 6.63. The number of rotatable bonds is 3. The first-order valence-electron chi connectivity index (χ1n) is 6.00. The number of nitrogens with one attached hydrogen (secondary N) is 1. The van der Waals surface area contributed by atoms with Gasteiger partial charge in [-0.2, -0.15) is 5.10 Å². The summed E-state index contributed by atoms with van der Waals surface area (Å²) in [6.45, 7) is 3.24. The van der Waals surface area contributed by atoms with Crippen molar-refractivity contribution in [3.63, 3.8) is 0 Å². The Labute approximate surface area is 100 Å². The molecule has 1 aliphatic heterocycles. The molecule has 0 aliphatic carbocycles. The number of H-pyrrole nitrogens is 1. The van der Waals surface area contributed by atoms with Crippen LogP contribution in [0.2, 0.25) is 0 Å². The summed E-state index contributed by atoms with van der Waals surface area (Å²) in [5.41, 5.74) is 2.53. The predicted octanol–water partition coefficient (Wildman–Crippen LogP) is 1.13. The predicted molar refractivity (Wildman–Crippen MR) is 64.4 cm³/mol. The van der Waals surface area contributed by atoms with Crippen LogP contribution in [0.25, 0.3) is 0 Å². The SMILES string of the molecule is Cn1cncc1CN1CC[C@@H](c2ccn[nH]2)C1. The van der Waals surface area contributed by atoms with Gasteiger partial charge in [-0.1, -0.05) is 0 Å². The van der Waals surface area contributed by atoms with Crippen molar-refractivity contribution in [2.75, 3.05) is 13.1 Å². The number of likely N-dealkylation sites (tertiary alicyclic amines) is 1. The van der Waals surface area contributed by atoms with Gasteiger partial charge in [0.2, 0.25) is 0 Å². The highest BCUT2D eigenvalue weighted by Crippen LogP contribution is 2.26. The van der Waals surface area contributed by atoms with Crippen molar-refractivity contribution in [3.05, 3.63) is 36.2 Å². The van der Waals surface area contributed by atoms with Crippen molar-refractivity contribution in [1.29, 1.82) is 0 Å². The van der Waals surface area contributed by atoms with Gasteiger partial charge < -0.3 is 4.57 Å². The van der Waals surface area contributed by atoms with Crippen molar-refractivity contribution in [2.45, 2.75) is 18.9 Å². The van der Waals surface area contributed by atoms with Gasteiger partial charge in [-0.25, -0.2) is 4.98 Å². The molecule has 5 heteroatoms. The average molecular weight is 231 g/mol. The lowest BCUT2D eigenvalue weighted by molar-refractivity contribution is 0.318. The van der Waals surface area contributed by atoms with Crippen molar-refractivity contribution in [3.8, 4) is 0 Å². The van der Waals surface area contributed by atoms with E-state index in [2.05, 4.69) is 30.7 Å². The molecule has 3 heterocycles. The zero-order valence-electron chi connectivity index (χ0n) is 10.0. The summed E-state index contributed by atoms with van der Waals surface area (Å²) < 4.78 is 2.09. The summed E-state index contributed by atoms with van der Waals surface area (Å²) in [7, 11) is 2.05. The highest BCUT2D eigenvalue weighted by atomic mass is 15.2. The Morgan fingerprint density at radius 2 is 2.47 bits per heavy atom. The molecule has 2 aromatic heterocycles. The first kappa shape index (κ1) is 10.5. The monoisotopic (exact) mass is 231 g/mol. The van der Waals surface area contributed by atoms with Crippen LogP contribution in [0.5, 0.6) is 0 Å². The highest BCUT2D eigenvalue weighted by molar-refractivity contribution is 5.09. The van der Waals surface area contributed by atoms with Crippen LogP contribution in [0.15, 0.2) is 24.8 Å². The number of hydrogen-bond donors (Lipinski definition) is 1. The Balaban J connectivity index is 1.63. The van der Waals surface area contributed by atoms with Crippen LogP contribution in [-0.4, -0.2) is 37.7 Å². The van der Waals surface area contributed by atoms with Gasteiger partial charge >= 0.3 is 0 Å². The number of hydrogen-bond acceptors (Lipinski definition) is 3. The van der Waals surface area contributed by atoms with Crippen LogP contribution in [0.4, 0.5) is 0 Å². The van der Waals surface area contributed by atoms with E-state index >= 15 is 0 Å². The van der Waals surface area contributed by atoms with Gasteiger partial charge in [0.1, 0.15) is 0 Å². The van der Waals surface area contributed by atoms with Crippen LogP contribution in [0, 0.1) is 0 Å². The molecule has 5 nitrogen and oxygen atoms in total. The van der Waals surface area contributed by atoms with Gasteiger partial charge in [0.25, 0.3) is 0 Å². The van der Waals surface area contributed by atoms with Gasteiger partial charge in [0, 0.05) is 44.1 Å². The summed E-state index contributed by atoms with van der Waals surface area (Å²) in [6.07, 6.45) is 6.85. The smallest absolute Gasteiger partial charge is 0.0945 e. The second-order valence-electron chi connectivity index (χ2n) is 4.73. The number of imidazole rings is 1. The van der Waals surface area contributed by atoms with Gasteiger partial charge in [0.15, 0.2) is 0 Å². The number of nitrogens with zero attached hydrogens (tertiary/aromatic N) is 4. The fourth-order valence-electron chi connectivity index (χ4n) is 2.49. The average Bonchev–Trinajstić information content (AvgIpc) is 3.02. The molecule has 0 aromatic carbocycles. The summed E-state index contributed by atoms with van der Waals surface area (Å²) in [5.74, 6) is 0.603. The lowest BCUT2D eigenvalue weighted by Gasteiger charge is -2.15. The maximum atomic E-state index is 4.15. The molecule has 1 N–H and O–H groups in total. The van der Waals surface area contributed by atoms with Crippen LogP contribution < -0.4 is 0 Å². The molecule has 1 atom stereocenters. The third-order valence-electron chi connectivity index (χ3n) is 3.54. The maximum Gasteiger partial charge on any atom is 0.0945 e. The minimum absolute atomic E-state index is 0.603. The molecule has 0 amide bonds. The van der Waals surface area contributed by atoms with Crippen molar-refractivity contribution < 1.29 is 0 Å². The van der Waals surface area contributed by atoms with Crippen LogP contribution in [-0.2, 0) is 13.6 Å². The van der Waals surface area contributed by atoms with Crippen LogP contribution in [0.1, 0.15) is 23.7 Å². The molecule has 1 saturated heterocycles. The molecule has 1 fully saturated rings. The van der Waals surface area contributed by atoms with E-state index in [-0.39, 0.29) is 0 Å². The summed E-state index contributed by atoms with van der Waals surface area (Å²) in [5, 5.41) is 7.10. The van der Waals surface area contributed by atoms with E-state index in [4.69, 9.17) is 0 Å². The largest absolute Gasteiger partial charge is 0.337 e. The van der Waals surface area contributed by atoms with Crippen LogP contribution in [0.3, 0.4) is 0 Å². The van der Waals surface area contributed by atoms with Gasteiger partial charge in [-0.15, -0.1) is 0 Å². The van der Waals surface area contributed by atoms with E-state index in [9.17, 15) is 0 Å². The molecular weight excluding hydrogens is 214 g/mol. The normalized spacial score (nSPS) is 21.1. The number of aromatic nitrogens is 4. The van der Waals surface area contributed by atoms with E-state index in [0.717, 1.165) is 19.6 Å². The summed E-state index contributed by atoms with van der Waals surface area (Å²) in [6, 6.07) is 2.08. The molecule has 2 aromatic rings. The quantitative estimate of drug-likeness (QED) is 0.861. The lowest BCUT2D eigenvalue weighted by Crippen LogP contribution is -2.21. The molecule has 0 radical (unpaired) electrons. The minimum Gasteiger partial charge on any atom is -0.337 e. The molecule has 0 unspecified atom stereocenters. The number of aromatic amines is 1. The van der Waals surface area contributed by atoms with Crippen molar-refractivity contribution >= 4 is 0 Å². The molecule has 0 saturated carbocycles. The van der Waals surface area contributed by atoms with Gasteiger partial charge in [-0.3, -0.25) is 10.00 Å². The first-order chi connectivity index (χ1) is 8.33.